The summed E-state index contributed by atoms with van der Waals surface area (Å²) in [4.78, 5) is 30.3. The molecule has 0 aliphatic carbocycles. The highest BCUT2D eigenvalue weighted by atomic mass is 32.2. The van der Waals surface area contributed by atoms with Crippen LogP contribution in [0.4, 0.5) is 11.4 Å². The number of para-hydroxylation sites is 3. The molecular formula is C26H30N6O2S. The van der Waals surface area contributed by atoms with Crippen LogP contribution in [0.1, 0.15) is 38.9 Å². The minimum atomic E-state index is -1.00. The minimum absolute atomic E-state index is 0.139. The summed E-state index contributed by atoms with van der Waals surface area (Å²) in [5.74, 6) is 0.657. The van der Waals surface area contributed by atoms with E-state index in [0.717, 1.165) is 31.1 Å². The van der Waals surface area contributed by atoms with Crippen LogP contribution in [0.3, 0.4) is 0 Å². The molecule has 0 atom stereocenters. The van der Waals surface area contributed by atoms with Crippen LogP contribution in [0, 0.1) is 0 Å². The predicted molar refractivity (Wildman–Crippen MR) is 138 cm³/mol. The third-order valence-electron chi connectivity index (χ3n) is 6.61. The van der Waals surface area contributed by atoms with Crippen LogP contribution in [0.25, 0.3) is 5.69 Å². The van der Waals surface area contributed by atoms with E-state index in [4.69, 9.17) is 0 Å². The smallest absolute Gasteiger partial charge is 0.250 e. The van der Waals surface area contributed by atoms with E-state index in [0.29, 0.717) is 16.5 Å². The zero-order valence-corrected chi connectivity index (χ0v) is 20.9. The van der Waals surface area contributed by atoms with E-state index >= 15 is 0 Å². The number of hydrogen-bond donors (Lipinski definition) is 1. The molecule has 1 N–H and O–H groups in total. The van der Waals surface area contributed by atoms with E-state index in [1.165, 1.54) is 31.0 Å². The van der Waals surface area contributed by atoms with Crippen molar-refractivity contribution in [2.24, 2.45) is 0 Å². The number of aromatic nitrogens is 3. The van der Waals surface area contributed by atoms with Gasteiger partial charge in [-0.2, -0.15) is 0 Å². The summed E-state index contributed by atoms with van der Waals surface area (Å²) in [6.45, 7) is 6.39. The largest absolute Gasteiger partial charge is 0.322 e. The lowest BCUT2D eigenvalue weighted by molar-refractivity contribution is -0.125. The summed E-state index contributed by atoms with van der Waals surface area (Å²) >= 11 is 1.35. The summed E-state index contributed by atoms with van der Waals surface area (Å²) in [5.41, 5.74) is 1.32. The predicted octanol–water partition coefficient (Wildman–Crippen LogP) is 4.11. The van der Waals surface area contributed by atoms with Gasteiger partial charge in [0.2, 0.25) is 11.8 Å². The number of likely N-dealkylation sites (tertiary alicyclic amines) is 1. The van der Waals surface area contributed by atoms with E-state index in [1.54, 1.807) is 18.7 Å². The molecule has 2 aliphatic heterocycles. The first-order valence-electron chi connectivity index (χ1n) is 12.0. The van der Waals surface area contributed by atoms with Gasteiger partial charge in [-0.3, -0.25) is 24.0 Å². The first-order valence-corrected chi connectivity index (χ1v) is 13.0. The number of nitrogens with zero attached hydrogens (tertiary/aromatic N) is 5. The number of amides is 2. The topological polar surface area (TPSA) is 83.4 Å². The Hall–Kier alpha value is -3.17. The lowest BCUT2D eigenvalue weighted by atomic mass is 9.96. The van der Waals surface area contributed by atoms with Gasteiger partial charge < -0.3 is 5.32 Å². The second kappa shape index (κ2) is 9.83. The van der Waals surface area contributed by atoms with Crippen LogP contribution in [0.5, 0.6) is 0 Å². The van der Waals surface area contributed by atoms with Crippen molar-refractivity contribution >= 4 is 35.0 Å². The van der Waals surface area contributed by atoms with Crippen molar-refractivity contribution in [3.8, 4) is 5.69 Å². The summed E-state index contributed by atoms with van der Waals surface area (Å²) in [6, 6.07) is 17.4. The zero-order valence-electron chi connectivity index (χ0n) is 20.1. The lowest BCUT2D eigenvalue weighted by Gasteiger charge is -2.42. The number of carbonyl (C=O) groups is 2. The van der Waals surface area contributed by atoms with Gasteiger partial charge >= 0.3 is 0 Å². The molecule has 0 saturated carbocycles. The number of piperidine rings is 1. The molecule has 8 nitrogen and oxygen atoms in total. The molecule has 1 aromatic heterocycles. The molecule has 2 aromatic carbocycles. The van der Waals surface area contributed by atoms with Gasteiger partial charge in [-0.1, -0.05) is 48.5 Å². The highest BCUT2D eigenvalue weighted by molar-refractivity contribution is 7.99. The van der Waals surface area contributed by atoms with Gasteiger partial charge in [0.25, 0.3) is 0 Å². The Balaban J connectivity index is 1.40. The van der Waals surface area contributed by atoms with Crippen LogP contribution < -0.4 is 10.2 Å². The molecule has 9 heteroatoms. The van der Waals surface area contributed by atoms with Gasteiger partial charge in [0.15, 0.2) is 11.0 Å². The molecule has 182 valence electrons. The number of carbonyl (C=O) groups excluding carboxylic acids is 2. The maximum atomic E-state index is 13.5. The minimum Gasteiger partial charge on any atom is -0.322 e. The van der Waals surface area contributed by atoms with Crippen molar-refractivity contribution in [2.45, 2.75) is 50.4 Å². The molecule has 0 spiro atoms. The Bertz CT molecular complexity index is 1220. The third-order valence-corrected chi connectivity index (χ3v) is 7.52. The standard InChI is InChI=1S/C26H30N6O2S/c1-26(2)24(34)27-20-13-7-8-14-21(20)32(26)23(33)18-35-25-29-28-22(17-30-15-9-4-10-16-30)31(25)19-11-5-3-6-12-19/h3,5-8,11-14H,4,9-10,15-18H2,1-2H3,(H,27,34). The quantitative estimate of drug-likeness (QED) is 0.524. The third kappa shape index (κ3) is 4.70. The average Bonchev–Trinajstić information content (AvgIpc) is 3.26. The normalized spacial score (nSPS) is 17.7. The van der Waals surface area contributed by atoms with Crippen LogP contribution in [-0.4, -0.2) is 55.9 Å². The van der Waals surface area contributed by atoms with Crippen LogP contribution in [0.15, 0.2) is 59.8 Å². The van der Waals surface area contributed by atoms with Gasteiger partial charge in [0, 0.05) is 5.69 Å². The van der Waals surface area contributed by atoms with Crippen LogP contribution in [0.2, 0.25) is 0 Å². The molecule has 35 heavy (non-hydrogen) atoms. The number of rotatable bonds is 6. The molecule has 5 rings (SSSR count). The van der Waals surface area contributed by atoms with Gasteiger partial charge in [-0.25, -0.2) is 0 Å². The van der Waals surface area contributed by atoms with Gasteiger partial charge in [0.1, 0.15) is 5.54 Å². The first-order chi connectivity index (χ1) is 16.9. The van der Waals surface area contributed by atoms with E-state index in [9.17, 15) is 9.59 Å². The second-order valence-electron chi connectivity index (χ2n) is 9.45. The maximum absolute atomic E-state index is 13.5. The summed E-state index contributed by atoms with van der Waals surface area (Å²) < 4.78 is 2.05. The number of thioether (sulfide) groups is 1. The van der Waals surface area contributed by atoms with Gasteiger partial charge in [-0.05, 0) is 64.0 Å². The first kappa shape index (κ1) is 23.6. The van der Waals surface area contributed by atoms with E-state index < -0.39 is 5.54 Å². The number of nitrogens with one attached hydrogen (secondary N) is 1. The fourth-order valence-corrected chi connectivity index (χ4v) is 5.56. The zero-order chi connectivity index (χ0) is 24.4. The molecule has 2 aliphatic rings. The molecule has 1 fully saturated rings. The van der Waals surface area contributed by atoms with E-state index in [2.05, 4.69) is 25.0 Å². The SMILES string of the molecule is CC1(C)C(=O)Nc2ccccc2N1C(=O)CSc1nnc(CN2CCCCC2)n1-c1ccccc1. The molecule has 2 amide bonds. The fraction of sp³-hybridized carbons (Fsp3) is 0.385. The Morgan fingerprint density at radius 1 is 1.00 bits per heavy atom. The average molecular weight is 491 g/mol. The van der Waals surface area contributed by atoms with Crippen LogP contribution >= 0.6 is 11.8 Å². The van der Waals surface area contributed by atoms with Gasteiger partial charge in [0.05, 0.1) is 23.7 Å². The van der Waals surface area contributed by atoms with Crippen molar-refractivity contribution in [1.29, 1.82) is 0 Å². The Morgan fingerprint density at radius 2 is 1.71 bits per heavy atom. The van der Waals surface area contributed by atoms with Crippen molar-refractivity contribution < 1.29 is 9.59 Å². The van der Waals surface area contributed by atoms with E-state index in [-0.39, 0.29) is 17.6 Å². The molecule has 3 heterocycles. The molecule has 0 radical (unpaired) electrons. The molecule has 0 unspecified atom stereocenters. The highest BCUT2D eigenvalue weighted by Gasteiger charge is 2.43. The molecular weight excluding hydrogens is 460 g/mol. The molecule has 3 aromatic rings. The Kier molecular flexibility index (Phi) is 6.62. The maximum Gasteiger partial charge on any atom is 0.250 e. The number of fused-ring (bicyclic) bond motifs is 1. The monoisotopic (exact) mass is 490 g/mol. The van der Waals surface area contributed by atoms with Crippen LogP contribution in [-0.2, 0) is 16.1 Å². The summed E-state index contributed by atoms with van der Waals surface area (Å²) in [5, 5.41) is 12.6. The van der Waals surface area contributed by atoms with E-state index in [1.807, 2.05) is 54.6 Å². The Morgan fingerprint density at radius 3 is 2.49 bits per heavy atom. The number of benzene rings is 2. The van der Waals surface area contributed by atoms with Crippen molar-refractivity contribution in [1.82, 2.24) is 19.7 Å². The fourth-order valence-electron chi connectivity index (χ4n) is 4.74. The highest BCUT2D eigenvalue weighted by Crippen LogP contribution is 2.37. The molecule has 1 saturated heterocycles. The number of anilines is 2. The summed E-state index contributed by atoms with van der Waals surface area (Å²) in [7, 11) is 0. The second-order valence-corrected chi connectivity index (χ2v) is 10.4. The van der Waals surface area contributed by atoms with Crippen molar-refractivity contribution in [3.05, 3.63) is 60.4 Å². The number of hydrogen-bond acceptors (Lipinski definition) is 6. The van der Waals surface area contributed by atoms with Gasteiger partial charge in [-0.15, -0.1) is 10.2 Å². The molecule has 0 bridgehead atoms. The van der Waals surface area contributed by atoms with Crippen molar-refractivity contribution in [2.75, 3.05) is 29.1 Å². The Labute approximate surface area is 209 Å². The lowest BCUT2D eigenvalue weighted by Crippen LogP contribution is -2.59. The van der Waals surface area contributed by atoms with Crippen molar-refractivity contribution in [3.63, 3.8) is 0 Å². The summed E-state index contributed by atoms with van der Waals surface area (Å²) in [6.07, 6.45) is 3.69.